The molecule has 1 aromatic rings. The maximum Gasteiger partial charge on any atom is 0.0364 e. The maximum absolute atomic E-state index is 6.49. The monoisotopic (exact) mass is 232 g/mol. The van der Waals surface area contributed by atoms with Gasteiger partial charge in [-0.3, -0.25) is 0 Å². The van der Waals surface area contributed by atoms with Crippen molar-refractivity contribution in [1.29, 1.82) is 0 Å². The molecule has 0 radical (unpaired) electrons. The summed E-state index contributed by atoms with van der Waals surface area (Å²) in [5.41, 5.74) is 9.09. The molecule has 17 heavy (non-hydrogen) atoms. The SMILES string of the molecule is Cc1ccc(N(C)CC2(N)CCCCC2)cc1. The fourth-order valence-electron chi connectivity index (χ4n) is 2.78. The van der Waals surface area contributed by atoms with Gasteiger partial charge in [0.2, 0.25) is 0 Å². The third-order valence-electron chi connectivity index (χ3n) is 3.88. The number of nitrogens with two attached hydrogens (primary N) is 1. The molecule has 0 atom stereocenters. The van der Waals surface area contributed by atoms with E-state index in [4.69, 9.17) is 5.73 Å². The molecule has 1 aliphatic carbocycles. The molecule has 1 saturated carbocycles. The lowest BCUT2D eigenvalue weighted by atomic mass is 9.82. The Hall–Kier alpha value is -1.02. The zero-order valence-electron chi connectivity index (χ0n) is 11.1. The van der Waals surface area contributed by atoms with Gasteiger partial charge in [-0.25, -0.2) is 0 Å². The Morgan fingerprint density at radius 1 is 1.12 bits per heavy atom. The van der Waals surface area contributed by atoms with E-state index in [9.17, 15) is 0 Å². The van der Waals surface area contributed by atoms with Crippen LogP contribution in [0.15, 0.2) is 24.3 Å². The highest BCUT2D eigenvalue weighted by molar-refractivity contribution is 5.47. The molecule has 2 N–H and O–H groups in total. The second-order valence-corrected chi connectivity index (χ2v) is 5.61. The molecule has 0 aliphatic heterocycles. The van der Waals surface area contributed by atoms with Gasteiger partial charge in [0, 0.05) is 24.8 Å². The van der Waals surface area contributed by atoms with Crippen LogP contribution in [0, 0.1) is 6.92 Å². The van der Waals surface area contributed by atoms with Gasteiger partial charge in [-0.05, 0) is 31.9 Å². The zero-order chi connectivity index (χ0) is 12.3. The number of likely N-dealkylation sites (N-methyl/N-ethyl adjacent to an activating group) is 1. The van der Waals surface area contributed by atoms with E-state index in [1.54, 1.807) is 0 Å². The van der Waals surface area contributed by atoms with Crippen molar-refractivity contribution in [2.24, 2.45) is 5.73 Å². The van der Waals surface area contributed by atoms with E-state index in [0.29, 0.717) is 0 Å². The van der Waals surface area contributed by atoms with E-state index < -0.39 is 0 Å². The predicted molar refractivity (Wildman–Crippen MR) is 74.5 cm³/mol. The predicted octanol–water partition coefficient (Wildman–Crippen LogP) is 3.09. The number of hydrogen-bond donors (Lipinski definition) is 1. The van der Waals surface area contributed by atoms with Crippen molar-refractivity contribution in [1.82, 2.24) is 0 Å². The van der Waals surface area contributed by atoms with E-state index in [1.165, 1.54) is 43.4 Å². The summed E-state index contributed by atoms with van der Waals surface area (Å²) in [4.78, 5) is 2.30. The summed E-state index contributed by atoms with van der Waals surface area (Å²) in [6.07, 6.45) is 6.27. The summed E-state index contributed by atoms with van der Waals surface area (Å²) in [6.45, 7) is 3.09. The average molecular weight is 232 g/mol. The molecule has 0 unspecified atom stereocenters. The molecule has 0 heterocycles. The van der Waals surface area contributed by atoms with E-state index in [1.807, 2.05) is 0 Å². The smallest absolute Gasteiger partial charge is 0.0364 e. The second-order valence-electron chi connectivity index (χ2n) is 5.61. The Bertz CT molecular complexity index is 350. The number of nitrogens with zero attached hydrogens (tertiary/aromatic N) is 1. The minimum absolute atomic E-state index is 0.0257. The van der Waals surface area contributed by atoms with E-state index in [2.05, 4.69) is 43.1 Å². The molecule has 2 rings (SSSR count). The van der Waals surface area contributed by atoms with Crippen LogP contribution < -0.4 is 10.6 Å². The van der Waals surface area contributed by atoms with Gasteiger partial charge in [-0.2, -0.15) is 0 Å². The first-order valence-electron chi connectivity index (χ1n) is 6.66. The Balaban J connectivity index is 2.00. The van der Waals surface area contributed by atoms with Crippen LogP contribution >= 0.6 is 0 Å². The van der Waals surface area contributed by atoms with Crippen molar-refractivity contribution in [3.05, 3.63) is 29.8 Å². The molecular formula is C15H24N2. The van der Waals surface area contributed by atoms with Crippen molar-refractivity contribution in [3.8, 4) is 0 Å². The van der Waals surface area contributed by atoms with Gasteiger partial charge in [0.1, 0.15) is 0 Å². The van der Waals surface area contributed by atoms with Crippen LogP contribution in [0.25, 0.3) is 0 Å². The van der Waals surface area contributed by atoms with E-state index in [-0.39, 0.29) is 5.54 Å². The Morgan fingerprint density at radius 3 is 2.29 bits per heavy atom. The Morgan fingerprint density at radius 2 is 1.71 bits per heavy atom. The van der Waals surface area contributed by atoms with Crippen LogP contribution in [0.5, 0.6) is 0 Å². The topological polar surface area (TPSA) is 29.3 Å². The van der Waals surface area contributed by atoms with Gasteiger partial charge in [-0.1, -0.05) is 37.0 Å². The van der Waals surface area contributed by atoms with Crippen LogP contribution in [0.2, 0.25) is 0 Å². The molecule has 1 fully saturated rings. The minimum atomic E-state index is 0.0257. The second kappa shape index (κ2) is 5.09. The lowest BCUT2D eigenvalue weighted by Gasteiger charge is -2.37. The molecule has 0 aromatic heterocycles. The van der Waals surface area contributed by atoms with Crippen LogP contribution in [-0.2, 0) is 0 Å². The highest BCUT2D eigenvalue weighted by Crippen LogP contribution is 2.27. The molecule has 1 aliphatic rings. The summed E-state index contributed by atoms with van der Waals surface area (Å²) in [6, 6.07) is 8.69. The van der Waals surface area contributed by atoms with Gasteiger partial charge in [-0.15, -0.1) is 0 Å². The number of rotatable bonds is 3. The highest BCUT2D eigenvalue weighted by Gasteiger charge is 2.28. The molecular weight excluding hydrogens is 208 g/mol. The van der Waals surface area contributed by atoms with Gasteiger partial charge in [0.15, 0.2) is 0 Å². The Labute approximate surface area is 105 Å². The normalized spacial score (nSPS) is 19.0. The number of aryl methyl sites for hydroxylation is 1. The summed E-state index contributed by atoms with van der Waals surface area (Å²) < 4.78 is 0. The fourth-order valence-corrected chi connectivity index (χ4v) is 2.78. The average Bonchev–Trinajstić information content (AvgIpc) is 2.30. The highest BCUT2D eigenvalue weighted by atomic mass is 15.1. The minimum Gasteiger partial charge on any atom is -0.373 e. The summed E-state index contributed by atoms with van der Waals surface area (Å²) in [5.74, 6) is 0. The fraction of sp³-hybridized carbons (Fsp3) is 0.600. The molecule has 1 aromatic carbocycles. The molecule has 0 saturated heterocycles. The van der Waals surface area contributed by atoms with Crippen LogP contribution in [0.3, 0.4) is 0 Å². The summed E-state index contributed by atoms with van der Waals surface area (Å²) in [5, 5.41) is 0. The van der Waals surface area contributed by atoms with Crippen molar-refractivity contribution in [2.45, 2.75) is 44.6 Å². The summed E-state index contributed by atoms with van der Waals surface area (Å²) in [7, 11) is 2.15. The molecule has 2 nitrogen and oxygen atoms in total. The molecule has 0 spiro atoms. The van der Waals surface area contributed by atoms with E-state index >= 15 is 0 Å². The van der Waals surface area contributed by atoms with Crippen LogP contribution in [-0.4, -0.2) is 19.1 Å². The van der Waals surface area contributed by atoms with Crippen molar-refractivity contribution in [2.75, 3.05) is 18.5 Å². The lowest BCUT2D eigenvalue weighted by Crippen LogP contribution is -2.50. The van der Waals surface area contributed by atoms with Gasteiger partial charge in [0.25, 0.3) is 0 Å². The number of anilines is 1. The molecule has 94 valence electrons. The third-order valence-corrected chi connectivity index (χ3v) is 3.88. The first-order valence-corrected chi connectivity index (χ1v) is 6.66. The van der Waals surface area contributed by atoms with Gasteiger partial charge < -0.3 is 10.6 Å². The van der Waals surface area contributed by atoms with Crippen LogP contribution in [0.4, 0.5) is 5.69 Å². The lowest BCUT2D eigenvalue weighted by molar-refractivity contribution is 0.301. The standard InChI is InChI=1S/C15H24N2/c1-13-6-8-14(9-7-13)17(2)12-15(16)10-4-3-5-11-15/h6-9H,3-5,10-12,16H2,1-2H3. The molecule has 0 bridgehead atoms. The van der Waals surface area contributed by atoms with Crippen molar-refractivity contribution < 1.29 is 0 Å². The van der Waals surface area contributed by atoms with Crippen LogP contribution in [0.1, 0.15) is 37.7 Å². The molecule has 0 amide bonds. The van der Waals surface area contributed by atoms with E-state index in [0.717, 1.165) is 6.54 Å². The zero-order valence-corrected chi connectivity index (χ0v) is 11.1. The van der Waals surface area contributed by atoms with Gasteiger partial charge in [0.05, 0.1) is 0 Å². The molecule has 2 heteroatoms. The van der Waals surface area contributed by atoms with Crippen molar-refractivity contribution >= 4 is 5.69 Å². The third kappa shape index (κ3) is 3.22. The number of benzene rings is 1. The largest absolute Gasteiger partial charge is 0.373 e. The van der Waals surface area contributed by atoms with Gasteiger partial charge >= 0.3 is 0 Å². The summed E-state index contributed by atoms with van der Waals surface area (Å²) >= 11 is 0. The first kappa shape index (κ1) is 12.4. The number of hydrogen-bond acceptors (Lipinski definition) is 2. The van der Waals surface area contributed by atoms with Crippen molar-refractivity contribution in [3.63, 3.8) is 0 Å². The first-order chi connectivity index (χ1) is 8.09. The quantitative estimate of drug-likeness (QED) is 0.867. The maximum atomic E-state index is 6.49. The Kier molecular flexibility index (Phi) is 3.72.